The standard InChI is InChI=1S/C51H27N3O2S/c1-2-11-30(12-3-1)31-23-25-32(26-24-31)49-52-50(33-27-28-42-40(29-33)34-13-4-6-19-41(34)55-42)54-51(53-49)39-18-9-20-43-46(39)38-17-8-16-36(48(38)56-43)35-15-10-22-45-47(35)37-14-5-7-21-44(37)57-45/h1-26,29H. The van der Waals surface area contributed by atoms with Gasteiger partial charge in [-0.2, -0.15) is 0 Å². The first-order valence-electron chi connectivity index (χ1n) is 18.8. The van der Waals surface area contributed by atoms with E-state index in [-0.39, 0.29) is 0 Å². The fourth-order valence-electron chi connectivity index (χ4n) is 8.16. The van der Waals surface area contributed by atoms with Crippen LogP contribution in [0.2, 0.25) is 0 Å². The van der Waals surface area contributed by atoms with Crippen molar-refractivity contribution in [3.8, 4) is 56.4 Å². The Bertz CT molecular complexity index is 3530. The second kappa shape index (κ2) is 12.5. The van der Waals surface area contributed by atoms with Gasteiger partial charge in [0.2, 0.25) is 0 Å². The maximum atomic E-state index is 6.81. The third-order valence-corrected chi connectivity index (χ3v) is 12.0. The van der Waals surface area contributed by atoms with E-state index in [1.165, 1.54) is 20.2 Å². The number of aromatic nitrogens is 3. The van der Waals surface area contributed by atoms with E-state index in [1.54, 1.807) is 0 Å². The van der Waals surface area contributed by atoms with Crippen LogP contribution in [0.15, 0.2) is 173 Å². The van der Waals surface area contributed by atoms with E-state index in [4.69, 9.17) is 23.8 Å². The first-order valence-corrected chi connectivity index (χ1v) is 19.6. The summed E-state index contributed by atoms with van der Waals surface area (Å²) >= 11 is 1.82. The molecular weight excluding hydrogens is 719 g/mol. The number of hydrogen-bond donors (Lipinski definition) is 0. The number of benzene rings is 7. The zero-order chi connectivity index (χ0) is 37.5. The second-order valence-electron chi connectivity index (χ2n) is 14.1. The van der Waals surface area contributed by atoms with Crippen molar-refractivity contribution < 1.29 is 8.83 Å². The van der Waals surface area contributed by atoms with Gasteiger partial charge in [0.1, 0.15) is 16.7 Å². The van der Waals surface area contributed by atoms with Gasteiger partial charge in [0.15, 0.2) is 23.1 Å². The van der Waals surface area contributed by atoms with Gasteiger partial charge in [0, 0.05) is 58.4 Å². The number of nitrogens with zero attached hydrogens (tertiary/aromatic N) is 3. The van der Waals surface area contributed by atoms with E-state index in [9.17, 15) is 0 Å². The van der Waals surface area contributed by atoms with Crippen LogP contribution in [-0.2, 0) is 0 Å². The van der Waals surface area contributed by atoms with Crippen molar-refractivity contribution in [2.75, 3.05) is 0 Å². The third kappa shape index (κ3) is 5.07. The molecule has 6 heteroatoms. The molecule has 264 valence electrons. The molecule has 0 amide bonds. The van der Waals surface area contributed by atoms with Crippen LogP contribution in [-0.4, -0.2) is 15.0 Å². The van der Waals surface area contributed by atoms with Crippen molar-refractivity contribution in [1.82, 2.24) is 15.0 Å². The third-order valence-electron chi connectivity index (χ3n) is 10.8. The largest absolute Gasteiger partial charge is 0.455 e. The Hall–Kier alpha value is -7.59. The second-order valence-corrected chi connectivity index (χ2v) is 15.2. The molecule has 4 aromatic heterocycles. The molecule has 0 saturated carbocycles. The van der Waals surface area contributed by atoms with Gasteiger partial charge >= 0.3 is 0 Å². The summed E-state index contributed by atoms with van der Waals surface area (Å²) in [6.07, 6.45) is 0. The smallest absolute Gasteiger partial charge is 0.185 e. The molecule has 0 unspecified atom stereocenters. The van der Waals surface area contributed by atoms with Gasteiger partial charge in [-0.25, -0.2) is 15.0 Å². The lowest BCUT2D eigenvalue weighted by Gasteiger charge is -2.09. The molecule has 0 aliphatic rings. The normalized spacial score (nSPS) is 11.7. The highest BCUT2D eigenvalue weighted by atomic mass is 32.1. The Balaban J connectivity index is 1.07. The summed E-state index contributed by atoms with van der Waals surface area (Å²) in [7, 11) is 0. The molecule has 8 aromatic carbocycles. The number of hydrogen-bond acceptors (Lipinski definition) is 6. The van der Waals surface area contributed by atoms with Crippen LogP contribution >= 0.6 is 11.3 Å². The molecule has 0 atom stereocenters. The van der Waals surface area contributed by atoms with Crippen molar-refractivity contribution in [3.05, 3.63) is 176 Å². The zero-order valence-corrected chi connectivity index (χ0v) is 31.0. The van der Waals surface area contributed by atoms with Gasteiger partial charge in [-0.1, -0.05) is 140 Å². The maximum Gasteiger partial charge on any atom is 0.185 e. The van der Waals surface area contributed by atoms with Crippen LogP contribution in [0.4, 0.5) is 0 Å². The van der Waals surface area contributed by atoms with Gasteiger partial charge in [-0.15, -0.1) is 11.3 Å². The van der Waals surface area contributed by atoms with Crippen molar-refractivity contribution in [2.24, 2.45) is 0 Å². The molecular formula is C51H27N3O2S. The number of rotatable bonds is 5. The molecule has 0 radical (unpaired) electrons. The summed E-state index contributed by atoms with van der Waals surface area (Å²) in [6, 6.07) is 63.0. The highest BCUT2D eigenvalue weighted by molar-refractivity contribution is 7.25. The molecule has 12 aromatic rings. The lowest BCUT2D eigenvalue weighted by atomic mass is 9.97. The fourth-order valence-corrected chi connectivity index (χ4v) is 9.29. The summed E-state index contributed by atoms with van der Waals surface area (Å²) in [5, 5.41) is 6.37. The highest BCUT2D eigenvalue weighted by Gasteiger charge is 2.21. The van der Waals surface area contributed by atoms with Crippen molar-refractivity contribution in [1.29, 1.82) is 0 Å². The quantitative estimate of drug-likeness (QED) is 0.175. The van der Waals surface area contributed by atoms with Gasteiger partial charge in [0.05, 0.1) is 5.56 Å². The molecule has 0 aliphatic heterocycles. The first kappa shape index (κ1) is 31.7. The molecule has 0 saturated heterocycles. The minimum atomic E-state index is 0.493. The molecule has 0 N–H and O–H groups in total. The van der Waals surface area contributed by atoms with Crippen LogP contribution in [0, 0.1) is 12.1 Å². The van der Waals surface area contributed by atoms with Crippen LogP contribution in [0.5, 0.6) is 0 Å². The molecule has 0 fully saturated rings. The van der Waals surface area contributed by atoms with Crippen LogP contribution in [0.25, 0.3) is 120 Å². The lowest BCUT2D eigenvalue weighted by Crippen LogP contribution is -2.00. The van der Waals surface area contributed by atoms with E-state index in [0.717, 1.165) is 71.7 Å². The van der Waals surface area contributed by atoms with Crippen molar-refractivity contribution >= 4 is 75.4 Å². The van der Waals surface area contributed by atoms with E-state index < -0.39 is 0 Å². The molecule has 5 nitrogen and oxygen atoms in total. The highest BCUT2D eigenvalue weighted by Crippen LogP contribution is 2.45. The summed E-state index contributed by atoms with van der Waals surface area (Å²) in [6.45, 7) is 0. The first-order chi connectivity index (χ1) is 28.2. The molecule has 0 spiro atoms. The zero-order valence-electron chi connectivity index (χ0n) is 30.2. The predicted octanol–water partition coefficient (Wildman–Crippen LogP) is 14.0. The van der Waals surface area contributed by atoms with E-state index in [2.05, 4.69) is 133 Å². The maximum absolute atomic E-state index is 6.81. The van der Waals surface area contributed by atoms with Gasteiger partial charge in [-0.05, 0) is 53.1 Å². The van der Waals surface area contributed by atoms with Crippen LogP contribution < -0.4 is 0 Å². The Morgan fingerprint density at radius 2 is 1.05 bits per heavy atom. The minimum Gasteiger partial charge on any atom is -0.455 e. The Kier molecular flexibility index (Phi) is 6.94. The monoisotopic (exact) mass is 745 g/mol. The summed E-state index contributed by atoms with van der Waals surface area (Å²) in [4.78, 5) is 15.4. The van der Waals surface area contributed by atoms with Crippen LogP contribution in [0.3, 0.4) is 0 Å². The van der Waals surface area contributed by atoms with Crippen molar-refractivity contribution in [2.45, 2.75) is 0 Å². The molecule has 4 heterocycles. The van der Waals surface area contributed by atoms with E-state index in [0.29, 0.717) is 28.6 Å². The summed E-state index contributed by atoms with van der Waals surface area (Å²) < 4.78 is 15.4. The van der Waals surface area contributed by atoms with Gasteiger partial charge in [0.25, 0.3) is 0 Å². The topological polar surface area (TPSA) is 65.0 Å². The number of fused-ring (bicyclic) bond motifs is 9. The lowest BCUT2D eigenvalue weighted by molar-refractivity contribution is 0.669. The summed E-state index contributed by atoms with van der Waals surface area (Å²) in [5.74, 6) is 1.59. The Labute approximate surface area is 330 Å². The predicted molar refractivity (Wildman–Crippen MR) is 232 cm³/mol. The Morgan fingerprint density at radius 1 is 0.404 bits per heavy atom. The van der Waals surface area contributed by atoms with Gasteiger partial charge in [-0.3, -0.25) is 0 Å². The SMILES string of the molecule is c1c(-c2nc(-c3ccc(-c4ccccc4)cc3)nc(-c3cccc4oc5c(-c6cccc7sc8ccccc8c67)cccc5c34)n2)cc2c(c#1)oc1ccccc12. The van der Waals surface area contributed by atoms with Gasteiger partial charge < -0.3 is 8.83 Å². The summed E-state index contributed by atoms with van der Waals surface area (Å²) in [5.41, 5.74) is 9.91. The molecule has 0 aliphatic carbocycles. The number of para-hydroxylation sites is 2. The molecule has 57 heavy (non-hydrogen) atoms. The minimum absolute atomic E-state index is 0.493. The average molecular weight is 746 g/mol. The average Bonchev–Trinajstić information content (AvgIpc) is 3.98. The fraction of sp³-hybridized carbons (Fsp3) is 0. The molecule has 12 rings (SSSR count). The van der Waals surface area contributed by atoms with E-state index in [1.807, 2.05) is 53.8 Å². The van der Waals surface area contributed by atoms with Crippen LogP contribution in [0.1, 0.15) is 0 Å². The van der Waals surface area contributed by atoms with Crippen molar-refractivity contribution in [3.63, 3.8) is 0 Å². The Morgan fingerprint density at radius 3 is 1.96 bits per heavy atom. The van der Waals surface area contributed by atoms with E-state index >= 15 is 0 Å². The number of furan rings is 2. The molecule has 0 bridgehead atoms. The number of thiophene rings is 1.